The van der Waals surface area contributed by atoms with Crippen LogP contribution in [0.25, 0.3) is 6.08 Å². The molecule has 0 saturated heterocycles. The highest BCUT2D eigenvalue weighted by molar-refractivity contribution is 9.10. The fourth-order valence-electron chi connectivity index (χ4n) is 2.78. The lowest BCUT2D eigenvalue weighted by Crippen LogP contribution is -2.05. The van der Waals surface area contributed by atoms with Crippen molar-refractivity contribution in [2.75, 3.05) is 0 Å². The van der Waals surface area contributed by atoms with Crippen molar-refractivity contribution in [2.24, 2.45) is 4.99 Å². The molecule has 0 atom stereocenters. The van der Waals surface area contributed by atoms with Gasteiger partial charge in [0.2, 0.25) is 5.90 Å². The van der Waals surface area contributed by atoms with Crippen LogP contribution in [0.2, 0.25) is 5.02 Å². The van der Waals surface area contributed by atoms with E-state index < -0.39 is 5.97 Å². The summed E-state index contributed by atoms with van der Waals surface area (Å²) in [6.45, 7) is 0.354. The van der Waals surface area contributed by atoms with Crippen LogP contribution in [-0.4, -0.2) is 11.9 Å². The van der Waals surface area contributed by atoms with E-state index in [1.165, 1.54) is 0 Å². The van der Waals surface area contributed by atoms with Crippen molar-refractivity contribution >= 4 is 45.5 Å². The van der Waals surface area contributed by atoms with Gasteiger partial charge in [-0.1, -0.05) is 63.9 Å². The molecule has 0 fully saturated rings. The second-order valence-corrected chi connectivity index (χ2v) is 7.62. The molecule has 0 spiro atoms. The molecule has 3 aromatic rings. The number of esters is 1. The van der Waals surface area contributed by atoms with E-state index in [1.807, 2.05) is 72.8 Å². The van der Waals surface area contributed by atoms with E-state index in [0.717, 1.165) is 21.2 Å². The molecule has 4 nitrogen and oxygen atoms in total. The first-order chi connectivity index (χ1) is 14.1. The summed E-state index contributed by atoms with van der Waals surface area (Å²) >= 11 is 9.57. The summed E-state index contributed by atoms with van der Waals surface area (Å²) < 4.78 is 12.0. The SMILES string of the molecule is O=C1OC(c2cccc(Br)c2)=N/C1=C\c1cccc(OCc2ccccc2Cl)c1. The first-order valence-electron chi connectivity index (χ1n) is 8.83. The van der Waals surface area contributed by atoms with Gasteiger partial charge in [0.25, 0.3) is 0 Å². The van der Waals surface area contributed by atoms with Crippen LogP contribution in [-0.2, 0) is 16.1 Å². The minimum absolute atomic E-state index is 0.239. The molecule has 3 aromatic carbocycles. The number of rotatable bonds is 5. The van der Waals surface area contributed by atoms with Gasteiger partial charge in [-0.15, -0.1) is 0 Å². The number of hydrogen-bond donors (Lipinski definition) is 0. The standard InChI is InChI=1S/C23H15BrClNO3/c24-18-8-4-7-16(13-18)22-26-21(23(27)29-22)12-15-5-3-9-19(11-15)28-14-17-6-1-2-10-20(17)25/h1-13H,14H2/b21-12-. The van der Waals surface area contributed by atoms with Crippen molar-refractivity contribution < 1.29 is 14.3 Å². The smallest absolute Gasteiger partial charge is 0.363 e. The molecule has 0 bridgehead atoms. The summed E-state index contributed by atoms with van der Waals surface area (Å²) in [5.74, 6) is 0.470. The van der Waals surface area contributed by atoms with Gasteiger partial charge < -0.3 is 9.47 Å². The van der Waals surface area contributed by atoms with Crippen LogP contribution in [0.15, 0.2) is 88.0 Å². The number of halogens is 2. The van der Waals surface area contributed by atoms with E-state index in [4.69, 9.17) is 21.1 Å². The molecule has 0 unspecified atom stereocenters. The zero-order chi connectivity index (χ0) is 20.2. The minimum Gasteiger partial charge on any atom is -0.489 e. The second-order valence-electron chi connectivity index (χ2n) is 6.30. The Labute approximate surface area is 181 Å². The average Bonchev–Trinajstić information content (AvgIpc) is 3.08. The number of nitrogens with zero attached hydrogens (tertiary/aromatic N) is 1. The predicted molar refractivity (Wildman–Crippen MR) is 117 cm³/mol. The van der Waals surface area contributed by atoms with Crippen LogP contribution in [0.1, 0.15) is 16.7 Å². The van der Waals surface area contributed by atoms with Gasteiger partial charge in [-0.05, 0) is 48.0 Å². The molecule has 29 heavy (non-hydrogen) atoms. The van der Waals surface area contributed by atoms with E-state index in [2.05, 4.69) is 20.9 Å². The summed E-state index contributed by atoms with van der Waals surface area (Å²) in [7, 11) is 0. The molecule has 4 rings (SSSR count). The lowest BCUT2D eigenvalue weighted by Gasteiger charge is -2.08. The van der Waals surface area contributed by atoms with Gasteiger partial charge in [-0.25, -0.2) is 9.79 Å². The van der Waals surface area contributed by atoms with Crippen molar-refractivity contribution in [1.82, 2.24) is 0 Å². The van der Waals surface area contributed by atoms with Gasteiger partial charge in [0.05, 0.1) is 0 Å². The zero-order valence-electron chi connectivity index (χ0n) is 15.1. The average molecular weight is 469 g/mol. The number of hydrogen-bond acceptors (Lipinski definition) is 4. The maximum atomic E-state index is 12.2. The van der Waals surface area contributed by atoms with Gasteiger partial charge in [0.15, 0.2) is 5.70 Å². The summed E-state index contributed by atoms with van der Waals surface area (Å²) in [4.78, 5) is 16.6. The summed E-state index contributed by atoms with van der Waals surface area (Å²) in [6, 6.07) is 22.4. The predicted octanol–water partition coefficient (Wildman–Crippen LogP) is 6.03. The normalized spacial score (nSPS) is 14.6. The fourth-order valence-corrected chi connectivity index (χ4v) is 3.37. The van der Waals surface area contributed by atoms with Crippen molar-refractivity contribution in [3.05, 3.63) is 105 Å². The summed E-state index contributed by atoms with van der Waals surface area (Å²) in [5, 5.41) is 0.661. The van der Waals surface area contributed by atoms with Crippen molar-refractivity contribution in [1.29, 1.82) is 0 Å². The Morgan fingerprint density at radius 1 is 1.03 bits per heavy atom. The lowest BCUT2D eigenvalue weighted by molar-refractivity contribution is -0.129. The molecule has 0 N–H and O–H groups in total. The molecule has 1 heterocycles. The van der Waals surface area contributed by atoms with Crippen molar-refractivity contribution in [2.45, 2.75) is 6.61 Å². The largest absolute Gasteiger partial charge is 0.489 e. The number of cyclic esters (lactones) is 1. The highest BCUT2D eigenvalue weighted by atomic mass is 79.9. The number of ether oxygens (including phenoxy) is 2. The molecular weight excluding hydrogens is 454 g/mol. The quantitative estimate of drug-likeness (QED) is 0.339. The monoisotopic (exact) mass is 467 g/mol. The van der Waals surface area contributed by atoms with E-state index in [1.54, 1.807) is 6.08 Å². The Hall–Kier alpha value is -2.89. The Balaban J connectivity index is 1.53. The van der Waals surface area contributed by atoms with Gasteiger partial charge in [0.1, 0.15) is 12.4 Å². The molecular formula is C23H15BrClNO3. The lowest BCUT2D eigenvalue weighted by atomic mass is 10.2. The van der Waals surface area contributed by atoms with E-state index >= 15 is 0 Å². The van der Waals surface area contributed by atoms with E-state index in [9.17, 15) is 4.79 Å². The Bertz CT molecular complexity index is 1140. The molecule has 1 aliphatic heterocycles. The molecule has 0 radical (unpaired) electrons. The highest BCUT2D eigenvalue weighted by Crippen LogP contribution is 2.24. The van der Waals surface area contributed by atoms with Crippen LogP contribution in [0.5, 0.6) is 5.75 Å². The Kier molecular flexibility index (Phi) is 5.79. The van der Waals surface area contributed by atoms with Crippen LogP contribution >= 0.6 is 27.5 Å². The molecule has 0 aliphatic carbocycles. The fraction of sp³-hybridized carbons (Fsp3) is 0.0435. The third kappa shape index (κ3) is 4.75. The zero-order valence-corrected chi connectivity index (χ0v) is 17.5. The molecule has 0 aromatic heterocycles. The highest BCUT2D eigenvalue weighted by Gasteiger charge is 2.24. The van der Waals surface area contributed by atoms with Gasteiger partial charge in [-0.2, -0.15) is 0 Å². The summed E-state index contributed by atoms with van der Waals surface area (Å²) in [5.41, 5.74) is 2.66. The number of carbonyl (C=O) groups excluding carboxylic acids is 1. The summed E-state index contributed by atoms with van der Waals surface area (Å²) in [6.07, 6.45) is 1.68. The van der Waals surface area contributed by atoms with E-state index in [0.29, 0.717) is 17.4 Å². The molecule has 0 saturated carbocycles. The molecule has 1 aliphatic rings. The third-order valence-corrected chi connectivity index (χ3v) is 5.07. The maximum absolute atomic E-state index is 12.2. The number of carbonyl (C=O) groups is 1. The van der Waals surface area contributed by atoms with Crippen LogP contribution < -0.4 is 4.74 Å². The van der Waals surface area contributed by atoms with E-state index in [-0.39, 0.29) is 11.6 Å². The Morgan fingerprint density at radius 3 is 2.69 bits per heavy atom. The molecule has 0 amide bonds. The van der Waals surface area contributed by atoms with Crippen LogP contribution in [0.4, 0.5) is 0 Å². The van der Waals surface area contributed by atoms with Gasteiger partial charge in [0, 0.05) is 20.6 Å². The molecule has 144 valence electrons. The first-order valence-corrected chi connectivity index (χ1v) is 10.0. The number of aliphatic imine (C=N–C) groups is 1. The van der Waals surface area contributed by atoms with Gasteiger partial charge >= 0.3 is 5.97 Å². The number of benzene rings is 3. The van der Waals surface area contributed by atoms with Crippen LogP contribution in [0, 0.1) is 0 Å². The van der Waals surface area contributed by atoms with Crippen LogP contribution in [0.3, 0.4) is 0 Å². The van der Waals surface area contributed by atoms with Gasteiger partial charge in [-0.3, -0.25) is 0 Å². The third-order valence-electron chi connectivity index (χ3n) is 4.21. The van der Waals surface area contributed by atoms with Crippen molar-refractivity contribution in [3.8, 4) is 5.75 Å². The second kappa shape index (κ2) is 8.64. The first kappa shape index (κ1) is 19.4. The topological polar surface area (TPSA) is 47.9 Å². The Morgan fingerprint density at radius 2 is 1.86 bits per heavy atom. The van der Waals surface area contributed by atoms with Crippen molar-refractivity contribution in [3.63, 3.8) is 0 Å². The minimum atomic E-state index is -0.484. The molecule has 6 heteroatoms. The maximum Gasteiger partial charge on any atom is 0.363 e.